The second-order valence-electron chi connectivity index (χ2n) is 9.88. The number of aryl methyl sites for hydroxylation is 1. The number of hydrogen-bond donors (Lipinski definition) is 3. The number of aliphatic hydroxyl groups is 2. The summed E-state index contributed by atoms with van der Waals surface area (Å²) in [6.45, 7) is 3.01. The Morgan fingerprint density at radius 3 is 1.83 bits per heavy atom. The van der Waals surface area contributed by atoms with E-state index in [2.05, 4.69) is 29.2 Å². The molecule has 6 heteroatoms. The summed E-state index contributed by atoms with van der Waals surface area (Å²) in [5.74, 6) is -0.0733. The normalized spacial score (nSPS) is 12.7. The predicted molar refractivity (Wildman–Crippen MR) is 140 cm³/mol. The molecule has 0 saturated heterocycles. The Bertz CT molecular complexity index is 589. The van der Waals surface area contributed by atoms with E-state index in [1.807, 2.05) is 18.2 Å². The second kappa shape index (κ2) is 24.7. The molecule has 1 rings (SSSR count). The number of nitrogens with zero attached hydrogens (tertiary/aromatic N) is 1. The summed E-state index contributed by atoms with van der Waals surface area (Å²) >= 11 is 0. The number of carbonyl (C=O) groups excluding carboxylic acids is 1. The molecule has 204 valence electrons. The first-order valence-electron chi connectivity index (χ1n) is 14.2. The van der Waals surface area contributed by atoms with Crippen LogP contribution in [0.2, 0.25) is 0 Å². The van der Waals surface area contributed by atoms with Gasteiger partial charge in [-0.2, -0.15) is 0 Å². The molecule has 0 aliphatic heterocycles. The second-order valence-corrected chi connectivity index (χ2v) is 9.88. The summed E-state index contributed by atoms with van der Waals surface area (Å²) in [6.07, 6.45) is 24.2. The van der Waals surface area contributed by atoms with Crippen LogP contribution in [0.4, 0.5) is 0 Å². The zero-order valence-electron chi connectivity index (χ0n) is 22.3. The van der Waals surface area contributed by atoms with Crippen molar-refractivity contribution >= 4 is 5.91 Å². The molecule has 0 radical (unpaired) electrons. The summed E-state index contributed by atoms with van der Waals surface area (Å²) in [7, 11) is 0. The van der Waals surface area contributed by atoms with E-state index in [1.54, 1.807) is 0 Å². The minimum atomic E-state index is -0.670. The molecule has 0 spiro atoms. The molecule has 1 amide bonds. The molecule has 0 bridgehead atoms. The summed E-state index contributed by atoms with van der Waals surface area (Å²) in [6, 6.07) is 5.49. The monoisotopic (exact) mass is 556 g/mol. The smallest absolute Gasteiger partial charge is 0.220 e. The molecule has 0 saturated carbocycles. The quantitative estimate of drug-likeness (QED) is 0.143. The molecule has 2 atom stereocenters. The largest absolute Gasteiger partial charge is 1.00 e. The van der Waals surface area contributed by atoms with Gasteiger partial charge in [0.2, 0.25) is 5.91 Å². The van der Waals surface area contributed by atoms with Crippen molar-refractivity contribution in [2.45, 2.75) is 141 Å². The van der Waals surface area contributed by atoms with Crippen molar-refractivity contribution < 1.29 is 36.6 Å². The highest BCUT2D eigenvalue weighted by atomic mass is 79.9. The molecule has 5 nitrogen and oxygen atoms in total. The molecular formula is C29H53BrN2O3. The van der Waals surface area contributed by atoms with Crippen LogP contribution < -0.4 is 26.9 Å². The fraction of sp³-hybridized carbons (Fsp3) is 0.793. The third-order valence-corrected chi connectivity index (χ3v) is 6.71. The zero-order valence-corrected chi connectivity index (χ0v) is 23.9. The number of pyridine rings is 1. The van der Waals surface area contributed by atoms with Crippen LogP contribution in [0.5, 0.6) is 0 Å². The van der Waals surface area contributed by atoms with Gasteiger partial charge in [0.25, 0.3) is 0 Å². The molecule has 0 aromatic carbocycles. The van der Waals surface area contributed by atoms with Crippen molar-refractivity contribution in [2.24, 2.45) is 0 Å². The highest BCUT2D eigenvalue weighted by molar-refractivity contribution is 5.76. The van der Waals surface area contributed by atoms with Crippen molar-refractivity contribution in [1.82, 2.24) is 5.32 Å². The maximum atomic E-state index is 12.2. The van der Waals surface area contributed by atoms with Crippen molar-refractivity contribution in [3.05, 3.63) is 30.6 Å². The summed E-state index contributed by atoms with van der Waals surface area (Å²) in [4.78, 5) is 12.2. The van der Waals surface area contributed by atoms with Crippen LogP contribution >= 0.6 is 0 Å². The summed E-state index contributed by atoms with van der Waals surface area (Å²) in [5.41, 5.74) is 0. The number of rotatable bonds is 23. The van der Waals surface area contributed by atoms with E-state index in [0.29, 0.717) is 12.8 Å². The molecule has 1 aromatic rings. The SMILES string of the molecule is CCCCCCCCCCCCCCC[C@@H](O)[C@@H](CO)NC(=O)CCCCC[n+]1ccccc1.[Br-]. The Labute approximate surface area is 225 Å². The van der Waals surface area contributed by atoms with Gasteiger partial charge in [0, 0.05) is 25.0 Å². The van der Waals surface area contributed by atoms with E-state index in [-0.39, 0.29) is 29.5 Å². The van der Waals surface area contributed by atoms with Crippen molar-refractivity contribution in [3.63, 3.8) is 0 Å². The standard InChI is InChI=1S/C29H52N2O3.BrH/c1-2-3-4-5-6-7-8-9-10-11-12-13-16-21-28(33)27(26-32)30-29(34)22-17-14-18-23-31-24-19-15-20-25-31;/h15,19-20,24-25,27-28,32-33H,2-14,16-18,21-23,26H2,1H3;1H/t27-,28-;/m1./s1. The van der Waals surface area contributed by atoms with Crippen molar-refractivity contribution in [3.8, 4) is 0 Å². The Hall–Kier alpha value is -0.980. The lowest BCUT2D eigenvalue weighted by molar-refractivity contribution is -0.697. The number of hydrogen-bond acceptors (Lipinski definition) is 3. The van der Waals surface area contributed by atoms with E-state index < -0.39 is 12.1 Å². The lowest BCUT2D eigenvalue weighted by Crippen LogP contribution is -3.00. The van der Waals surface area contributed by atoms with Crippen LogP contribution in [0.15, 0.2) is 30.6 Å². The first-order chi connectivity index (χ1) is 16.7. The van der Waals surface area contributed by atoms with Crippen LogP contribution in [0.25, 0.3) is 0 Å². The van der Waals surface area contributed by atoms with Gasteiger partial charge in [-0.25, -0.2) is 4.57 Å². The van der Waals surface area contributed by atoms with Crippen LogP contribution in [-0.2, 0) is 11.3 Å². The Morgan fingerprint density at radius 2 is 1.29 bits per heavy atom. The fourth-order valence-electron chi connectivity index (χ4n) is 4.45. The van der Waals surface area contributed by atoms with Gasteiger partial charge < -0.3 is 32.5 Å². The molecular weight excluding hydrogens is 504 g/mol. The minimum absolute atomic E-state index is 0. The predicted octanol–water partition coefficient (Wildman–Crippen LogP) is 2.86. The Balaban J connectivity index is 0.0000116. The first-order valence-corrected chi connectivity index (χ1v) is 14.2. The topological polar surface area (TPSA) is 73.4 Å². The maximum absolute atomic E-state index is 12.2. The maximum Gasteiger partial charge on any atom is 0.220 e. The number of aromatic nitrogens is 1. The molecule has 3 N–H and O–H groups in total. The lowest BCUT2D eigenvalue weighted by atomic mass is 10.0. The molecule has 1 heterocycles. The van der Waals surface area contributed by atoms with Crippen LogP contribution in [0, 0.1) is 0 Å². The van der Waals surface area contributed by atoms with E-state index in [1.165, 1.54) is 70.6 Å². The number of unbranched alkanes of at least 4 members (excludes halogenated alkanes) is 14. The van der Waals surface area contributed by atoms with Gasteiger partial charge in [-0.1, -0.05) is 96.5 Å². The molecule has 0 aliphatic carbocycles. The van der Waals surface area contributed by atoms with Crippen molar-refractivity contribution in [1.29, 1.82) is 0 Å². The van der Waals surface area contributed by atoms with Gasteiger partial charge in [0.05, 0.1) is 18.8 Å². The van der Waals surface area contributed by atoms with Crippen LogP contribution in [0.1, 0.15) is 122 Å². The summed E-state index contributed by atoms with van der Waals surface area (Å²) in [5, 5.41) is 22.8. The van der Waals surface area contributed by atoms with E-state index in [4.69, 9.17) is 0 Å². The molecule has 0 unspecified atom stereocenters. The third-order valence-electron chi connectivity index (χ3n) is 6.71. The Morgan fingerprint density at radius 1 is 0.771 bits per heavy atom. The third kappa shape index (κ3) is 19.8. The molecule has 35 heavy (non-hydrogen) atoms. The highest BCUT2D eigenvalue weighted by Crippen LogP contribution is 2.14. The van der Waals surface area contributed by atoms with E-state index >= 15 is 0 Å². The van der Waals surface area contributed by atoms with E-state index in [9.17, 15) is 15.0 Å². The van der Waals surface area contributed by atoms with Gasteiger partial charge >= 0.3 is 0 Å². The molecule has 0 fully saturated rings. The van der Waals surface area contributed by atoms with Crippen LogP contribution in [-0.4, -0.2) is 34.9 Å². The minimum Gasteiger partial charge on any atom is -1.00 e. The van der Waals surface area contributed by atoms with Gasteiger partial charge in [-0.05, 0) is 19.3 Å². The van der Waals surface area contributed by atoms with Crippen molar-refractivity contribution in [2.75, 3.05) is 6.61 Å². The van der Waals surface area contributed by atoms with Gasteiger partial charge in [0.15, 0.2) is 12.4 Å². The zero-order chi connectivity index (χ0) is 24.7. The number of nitrogens with one attached hydrogen (secondary N) is 1. The number of aliphatic hydroxyl groups excluding tert-OH is 2. The average molecular weight is 558 g/mol. The van der Waals surface area contributed by atoms with E-state index in [0.717, 1.165) is 38.6 Å². The number of amides is 1. The van der Waals surface area contributed by atoms with Gasteiger partial charge in [0.1, 0.15) is 6.54 Å². The Kier molecular flexibility index (Phi) is 24.0. The van der Waals surface area contributed by atoms with Gasteiger partial charge in [-0.3, -0.25) is 4.79 Å². The fourth-order valence-corrected chi connectivity index (χ4v) is 4.45. The first kappa shape index (κ1) is 34.0. The molecule has 1 aromatic heterocycles. The molecule has 0 aliphatic rings. The van der Waals surface area contributed by atoms with Crippen LogP contribution in [0.3, 0.4) is 0 Å². The number of halogens is 1. The number of carbonyl (C=O) groups is 1. The highest BCUT2D eigenvalue weighted by Gasteiger charge is 2.20. The summed E-state index contributed by atoms with van der Waals surface area (Å²) < 4.78 is 2.15. The average Bonchev–Trinajstić information content (AvgIpc) is 2.85. The van der Waals surface area contributed by atoms with Gasteiger partial charge in [-0.15, -0.1) is 0 Å². The lowest BCUT2D eigenvalue weighted by Gasteiger charge is -2.22.